The van der Waals surface area contributed by atoms with Gasteiger partial charge in [-0.3, -0.25) is 4.68 Å². The molecule has 0 aliphatic rings. The van der Waals surface area contributed by atoms with E-state index < -0.39 is 12.6 Å². The number of halogens is 1. The van der Waals surface area contributed by atoms with Crippen molar-refractivity contribution >= 4 is 17.6 Å². The molecule has 0 spiro atoms. The van der Waals surface area contributed by atoms with E-state index in [0.29, 0.717) is 40.1 Å². The molecule has 1 N–H and O–H groups in total. The lowest BCUT2D eigenvalue weighted by atomic mass is 10.1. The number of para-hydroxylation sites is 2. The fraction of sp³-hybridized carbons (Fsp3) is 0.214. The normalized spacial score (nSPS) is 10.7. The standard InChI is InChI=1S/C28H27ClN2O6/c1-17-12-26(37-16-27(32)33)20(13-21(17)29)22-14-23(19-9-7-11-25(35-3)28(19)36-4)31(30-22)15-18-8-5-6-10-24(18)34-2/h5-14H,15-16H2,1-4H3,(H,32,33). The van der Waals surface area contributed by atoms with Crippen LogP contribution in [-0.4, -0.2) is 48.8 Å². The minimum atomic E-state index is -1.08. The highest BCUT2D eigenvalue weighted by atomic mass is 35.5. The van der Waals surface area contributed by atoms with E-state index in [1.54, 1.807) is 33.5 Å². The van der Waals surface area contributed by atoms with Crippen LogP contribution in [0.2, 0.25) is 5.02 Å². The fourth-order valence-corrected chi connectivity index (χ4v) is 4.25. The van der Waals surface area contributed by atoms with Gasteiger partial charge in [0, 0.05) is 21.7 Å². The lowest BCUT2D eigenvalue weighted by Crippen LogP contribution is -2.10. The van der Waals surface area contributed by atoms with Crippen LogP contribution in [0.3, 0.4) is 0 Å². The molecule has 4 rings (SSSR count). The number of hydrogen-bond acceptors (Lipinski definition) is 6. The van der Waals surface area contributed by atoms with Crippen molar-refractivity contribution < 1.29 is 28.8 Å². The molecule has 0 saturated heterocycles. The molecule has 1 heterocycles. The molecule has 0 bridgehead atoms. The Hall–Kier alpha value is -4.17. The molecule has 0 aliphatic heterocycles. The van der Waals surface area contributed by atoms with Crippen molar-refractivity contribution in [1.29, 1.82) is 0 Å². The number of ether oxygens (including phenoxy) is 4. The van der Waals surface area contributed by atoms with Gasteiger partial charge in [0.1, 0.15) is 11.5 Å². The van der Waals surface area contributed by atoms with Crippen molar-refractivity contribution in [2.75, 3.05) is 27.9 Å². The summed E-state index contributed by atoms with van der Waals surface area (Å²) in [5.41, 5.74) is 4.32. The zero-order valence-electron chi connectivity index (χ0n) is 20.9. The number of carboxylic acids is 1. The Balaban J connectivity index is 1.92. The topological polar surface area (TPSA) is 92.0 Å². The molecule has 192 valence electrons. The highest BCUT2D eigenvalue weighted by Crippen LogP contribution is 2.41. The number of methoxy groups -OCH3 is 3. The van der Waals surface area contributed by atoms with Crippen molar-refractivity contribution in [2.24, 2.45) is 0 Å². The van der Waals surface area contributed by atoms with Gasteiger partial charge < -0.3 is 24.1 Å². The highest BCUT2D eigenvalue weighted by molar-refractivity contribution is 6.31. The van der Waals surface area contributed by atoms with Crippen LogP contribution < -0.4 is 18.9 Å². The first kappa shape index (κ1) is 25.9. The minimum Gasteiger partial charge on any atom is -0.496 e. The van der Waals surface area contributed by atoms with E-state index in [4.69, 9.17) is 40.8 Å². The molecule has 3 aromatic carbocycles. The molecule has 1 aromatic heterocycles. The summed E-state index contributed by atoms with van der Waals surface area (Å²) in [6, 6.07) is 18.7. The van der Waals surface area contributed by atoms with E-state index in [2.05, 4.69) is 0 Å². The fourth-order valence-electron chi connectivity index (χ4n) is 4.08. The summed E-state index contributed by atoms with van der Waals surface area (Å²) >= 11 is 6.46. The van der Waals surface area contributed by atoms with Gasteiger partial charge in [-0.1, -0.05) is 35.9 Å². The first-order valence-electron chi connectivity index (χ1n) is 11.4. The number of rotatable bonds is 10. The average molecular weight is 523 g/mol. The third-order valence-electron chi connectivity index (χ3n) is 5.86. The summed E-state index contributed by atoms with van der Waals surface area (Å²) in [7, 11) is 4.79. The third kappa shape index (κ3) is 5.49. The van der Waals surface area contributed by atoms with Crippen molar-refractivity contribution in [1.82, 2.24) is 9.78 Å². The van der Waals surface area contributed by atoms with Gasteiger partial charge >= 0.3 is 5.97 Å². The van der Waals surface area contributed by atoms with Crippen molar-refractivity contribution in [3.8, 4) is 45.5 Å². The highest BCUT2D eigenvalue weighted by Gasteiger charge is 2.21. The molecule has 9 heteroatoms. The number of carbonyl (C=O) groups is 1. The van der Waals surface area contributed by atoms with Crippen LogP contribution in [0.5, 0.6) is 23.0 Å². The van der Waals surface area contributed by atoms with Gasteiger partial charge in [-0.25, -0.2) is 4.79 Å². The van der Waals surface area contributed by atoms with Crippen LogP contribution in [0.25, 0.3) is 22.5 Å². The van der Waals surface area contributed by atoms with Crippen LogP contribution in [-0.2, 0) is 11.3 Å². The van der Waals surface area contributed by atoms with Crippen molar-refractivity contribution in [3.63, 3.8) is 0 Å². The molecule has 0 aliphatic carbocycles. The molecular formula is C28H27ClN2O6. The Morgan fingerprint density at radius 3 is 2.35 bits per heavy atom. The number of benzene rings is 3. The summed E-state index contributed by atoms with van der Waals surface area (Å²) in [6.07, 6.45) is 0. The van der Waals surface area contributed by atoms with E-state index in [1.165, 1.54) is 0 Å². The van der Waals surface area contributed by atoms with Gasteiger partial charge in [-0.05, 0) is 48.9 Å². The Morgan fingerprint density at radius 1 is 0.919 bits per heavy atom. The van der Waals surface area contributed by atoms with Crippen LogP contribution in [0.1, 0.15) is 11.1 Å². The summed E-state index contributed by atoms with van der Waals surface area (Å²) in [6.45, 7) is 1.73. The van der Waals surface area contributed by atoms with E-state index in [0.717, 1.165) is 28.1 Å². The Kier molecular flexibility index (Phi) is 7.89. The predicted octanol–water partition coefficient (Wildman–Crippen LogP) is 5.72. The average Bonchev–Trinajstić information content (AvgIpc) is 3.31. The molecule has 0 atom stereocenters. The minimum absolute atomic E-state index is 0.371. The number of hydrogen-bond donors (Lipinski definition) is 1. The Labute approximate surface area is 219 Å². The first-order chi connectivity index (χ1) is 17.9. The summed E-state index contributed by atoms with van der Waals surface area (Å²) in [4.78, 5) is 11.2. The zero-order chi connectivity index (χ0) is 26.5. The molecule has 37 heavy (non-hydrogen) atoms. The van der Waals surface area contributed by atoms with Crippen LogP contribution >= 0.6 is 11.6 Å². The molecular weight excluding hydrogens is 496 g/mol. The quantitative estimate of drug-likeness (QED) is 0.285. The second-order valence-electron chi connectivity index (χ2n) is 8.21. The van der Waals surface area contributed by atoms with Crippen molar-refractivity contribution in [2.45, 2.75) is 13.5 Å². The summed E-state index contributed by atoms with van der Waals surface area (Å²) in [5, 5.41) is 14.6. The smallest absolute Gasteiger partial charge is 0.341 e. The maximum atomic E-state index is 11.2. The van der Waals surface area contributed by atoms with E-state index in [1.807, 2.05) is 60.1 Å². The van der Waals surface area contributed by atoms with Gasteiger partial charge in [0.15, 0.2) is 18.1 Å². The molecule has 0 fully saturated rings. The Morgan fingerprint density at radius 2 is 1.65 bits per heavy atom. The second-order valence-corrected chi connectivity index (χ2v) is 8.61. The molecule has 0 saturated carbocycles. The van der Waals surface area contributed by atoms with E-state index >= 15 is 0 Å². The Bertz CT molecular complexity index is 1430. The number of nitrogens with zero attached hydrogens (tertiary/aromatic N) is 2. The summed E-state index contributed by atoms with van der Waals surface area (Å²) in [5.74, 6) is 1.15. The number of carboxylic acid groups (broad SMARTS) is 1. The zero-order valence-corrected chi connectivity index (χ0v) is 21.7. The lowest BCUT2D eigenvalue weighted by molar-refractivity contribution is -0.139. The molecule has 4 aromatic rings. The first-order valence-corrected chi connectivity index (χ1v) is 11.8. The molecule has 0 unspecified atom stereocenters. The van der Waals surface area contributed by atoms with Crippen LogP contribution in [0.15, 0.2) is 60.7 Å². The van der Waals surface area contributed by atoms with Crippen LogP contribution in [0, 0.1) is 6.92 Å². The maximum Gasteiger partial charge on any atom is 0.341 e. The largest absolute Gasteiger partial charge is 0.496 e. The number of aromatic nitrogens is 2. The number of aryl methyl sites for hydroxylation is 1. The van der Waals surface area contributed by atoms with Crippen LogP contribution in [0.4, 0.5) is 0 Å². The maximum absolute atomic E-state index is 11.2. The van der Waals surface area contributed by atoms with E-state index in [9.17, 15) is 4.79 Å². The monoisotopic (exact) mass is 522 g/mol. The molecule has 8 nitrogen and oxygen atoms in total. The van der Waals surface area contributed by atoms with Gasteiger partial charge in [0.2, 0.25) is 0 Å². The van der Waals surface area contributed by atoms with E-state index in [-0.39, 0.29) is 0 Å². The van der Waals surface area contributed by atoms with Gasteiger partial charge in [0.05, 0.1) is 39.3 Å². The SMILES string of the molecule is COc1ccccc1Cn1nc(-c2cc(Cl)c(C)cc2OCC(=O)O)cc1-c1cccc(OC)c1OC. The van der Waals surface area contributed by atoms with Gasteiger partial charge in [0.25, 0.3) is 0 Å². The third-order valence-corrected chi connectivity index (χ3v) is 6.27. The van der Waals surface area contributed by atoms with Crippen molar-refractivity contribution in [3.05, 3.63) is 76.8 Å². The lowest BCUT2D eigenvalue weighted by Gasteiger charge is -2.15. The second kappa shape index (κ2) is 11.3. The molecule has 0 amide bonds. The molecule has 0 radical (unpaired) electrons. The van der Waals surface area contributed by atoms with Gasteiger partial charge in [-0.15, -0.1) is 0 Å². The number of aliphatic carboxylic acids is 1. The van der Waals surface area contributed by atoms with Gasteiger partial charge in [-0.2, -0.15) is 5.10 Å². The predicted molar refractivity (Wildman–Crippen MR) is 141 cm³/mol. The summed E-state index contributed by atoms with van der Waals surface area (Å²) < 4.78 is 24.2.